The quantitative estimate of drug-likeness (QED) is 0.755. The van der Waals surface area contributed by atoms with Crippen molar-refractivity contribution >= 4 is 23.6 Å². The summed E-state index contributed by atoms with van der Waals surface area (Å²) in [5, 5.41) is 0.601. The normalized spacial score (nSPS) is 16.4. The molecule has 2 aromatic carbocycles. The first kappa shape index (κ1) is 19.5. The average Bonchev–Trinajstić information content (AvgIpc) is 2.69. The fourth-order valence-electron chi connectivity index (χ4n) is 3.10. The lowest BCUT2D eigenvalue weighted by Gasteiger charge is -2.35. The summed E-state index contributed by atoms with van der Waals surface area (Å²) in [5.74, 6) is 0.641. The molecule has 0 radical (unpaired) electrons. The summed E-state index contributed by atoms with van der Waals surface area (Å²) >= 11 is 5.97. The number of carbonyl (C=O) groups excluding carboxylic acids is 1. The van der Waals surface area contributed by atoms with Crippen LogP contribution in [0.4, 0.5) is 0 Å². The van der Waals surface area contributed by atoms with Gasteiger partial charge in [-0.15, -0.1) is 0 Å². The lowest BCUT2D eigenvalue weighted by molar-refractivity contribution is -0.139. The van der Waals surface area contributed by atoms with Gasteiger partial charge in [0.2, 0.25) is 0 Å². The van der Waals surface area contributed by atoms with E-state index >= 15 is 0 Å². The fraction of sp³-hybridized carbons (Fsp3) is 0.318. The van der Waals surface area contributed by atoms with E-state index in [9.17, 15) is 4.79 Å². The second-order valence-corrected chi connectivity index (χ2v) is 7.09. The number of ether oxygens (including phenoxy) is 1. The van der Waals surface area contributed by atoms with Gasteiger partial charge in [0.25, 0.3) is 5.91 Å². The highest BCUT2D eigenvalue weighted by Gasteiger charge is 2.25. The van der Waals surface area contributed by atoms with Gasteiger partial charge in [0.15, 0.2) is 6.10 Å². The van der Waals surface area contributed by atoms with Crippen molar-refractivity contribution in [1.29, 1.82) is 0 Å². The minimum atomic E-state index is -0.520. The Bertz CT molecular complexity index is 771. The third-order valence-corrected chi connectivity index (χ3v) is 4.85. The second-order valence-electron chi connectivity index (χ2n) is 6.66. The highest BCUT2D eigenvalue weighted by molar-refractivity contribution is 6.30. The number of hydrogen-bond donors (Lipinski definition) is 0. The van der Waals surface area contributed by atoms with Gasteiger partial charge in [-0.2, -0.15) is 0 Å². The van der Waals surface area contributed by atoms with E-state index in [2.05, 4.69) is 29.2 Å². The number of carbonyl (C=O) groups is 1. The van der Waals surface area contributed by atoms with Gasteiger partial charge in [0.1, 0.15) is 5.75 Å². The van der Waals surface area contributed by atoms with Crippen molar-refractivity contribution in [2.75, 3.05) is 32.7 Å². The molecule has 1 saturated heterocycles. The molecule has 1 aliphatic heterocycles. The van der Waals surface area contributed by atoms with Crippen LogP contribution in [0.15, 0.2) is 60.7 Å². The lowest BCUT2D eigenvalue weighted by atomic mass is 10.2. The van der Waals surface area contributed by atoms with E-state index < -0.39 is 6.10 Å². The largest absolute Gasteiger partial charge is 0.481 e. The molecule has 1 fully saturated rings. The zero-order chi connectivity index (χ0) is 19.1. The van der Waals surface area contributed by atoms with E-state index in [1.165, 1.54) is 5.56 Å². The topological polar surface area (TPSA) is 32.8 Å². The summed E-state index contributed by atoms with van der Waals surface area (Å²) in [6.45, 7) is 5.87. The number of hydrogen-bond acceptors (Lipinski definition) is 3. The standard InChI is InChI=1S/C22H25ClN2O2/c1-18(27-21-11-5-10-20(23)17-21)22(26)25-15-13-24(14-16-25)12-6-9-19-7-3-2-4-8-19/h2-11,17-18H,12-16H2,1H3/b9-6-/t18-/m0/s1. The molecule has 1 atom stereocenters. The Balaban J connectivity index is 1.44. The van der Waals surface area contributed by atoms with Crippen LogP contribution >= 0.6 is 11.6 Å². The van der Waals surface area contributed by atoms with Crippen LogP contribution in [0.3, 0.4) is 0 Å². The molecule has 0 N–H and O–H groups in total. The number of rotatable bonds is 6. The van der Waals surface area contributed by atoms with Crippen LogP contribution in [-0.2, 0) is 4.79 Å². The lowest BCUT2D eigenvalue weighted by Crippen LogP contribution is -2.51. The predicted molar refractivity (Wildman–Crippen MR) is 110 cm³/mol. The maximum Gasteiger partial charge on any atom is 0.263 e. The molecule has 5 heteroatoms. The van der Waals surface area contributed by atoms with Crippen LogP contribution in [0.5, 0.6) is 5.75 Å². The first-order valence-corrected chi connectivity index (χ1v) is 9.64. The highest BCUT2D eigenvalue weighted by atomic mass is 35.5. The Kier molecular flexibility index (Phi) is 6.91. The Morgan fingerprint density at radius 3 is 2.56 bits per heavy atom. The molecule has 3 rings (SSSR count). The summed E-state index contributed by atoms with van der Waals surface area (Å²) in [7, 11) is 0. The Labute approximate surface area is 166 Å². The fourth-order valence-corrected chi connectivity index (χ4v) is 3.29. The van der Waals surface area contributed by atoms with Crippen molar-refractivity contribution in [3.05, 3.63) is 71.3 Å². The summed E-state index contributed by atoms with van der Waals surface area (Å²) < 4.78 is 5.75. The maximum atomic E-state index is 12.6. The molecular weight excluding hydrogens is 360 g/mol. The third-order valence-electron chi connectivity index (χ3n) is 4.61. The molecule has 2 aromatic rings. The molecule has 0 bridgehead atoms. The summed E-state index contributed by atoms with van der Waals surface area (Å²) in [6.07, 6.45) is 3.80. The Hall–Kier alpha value is -2.30. The molecule has 1 aliphatic rings. The van der Waals surface area contributed by atoms with Gasteiger partial charge >= 0.3 is 0 Å². The molecule has 0 saturated carbocycles. The van der Waals surface area contributed by atoms with Crippen molar-refractivity contribution in [2.45, 2.75) is 13.0 Å². The number of nitrogens with zero attached hydrogens (tertiary/aromatic N) is 2. The molecule has 142 valence electrons. The van der Waals surface area contributed by atoms with E-state index in [-0.39, 0.29) is 5.91 Å². The first-order chi connectivity index (χ1) is 13.1. The van der Waals surface area contributed by atoms with Gasteiger partial charge in [0.05, 0.1) is 0 Å². The van der Waals surface area contributed by atoms with Crippen LogP contribution < -0.4 is 4.74 Å². The van der Waals surface area contributed by atoms with Crippen LogP contribution in [0.25, 0.3) is 6.08 Å². The molecule has 0 spiro atoms. The van der Waals surface area contributed by atoms with E-state index in [0.717, 1.165) is 32.7 Å². The Morgan fingerprint density at radius 1 is 1.11 bits per heavy atom. The van der Waals surface area contributed by atoms with Gasteiger partial charge in [-0.1, -0.05) is 60.2 Å². The van der Waals surface area contributed by atoms with Crippen LogP contribution in [-0.4, -0.2) is 54.5 Å². The number of piperazine rings is 1. The van der Waals surface area contributed by atoms with Crippen molar-refractivity contribution in [3.63, 3.8) is 0 Å². The van der Waals surface area contributed by atoms with Crippen LogP contribution in [0, 0.1) is 0 Å². The van der Waals surface area contributed by atoms with Gasteiger partial charge in [-0.25, -0.2) is 0 Å². The minimum absolute atomic E-state index is 0.0226. The summed E-state index contributed by atoms with van der Waals surface area (Å²) in [6, 6.07) is 17.4. The molecule has 4 nitrogen and oxygen atoms in total. The van der Waals surface area contributed by atoms with E-state index in [4.69, 9.17) is 16.3 Å². The SMILES string of the molecule is C[C@H](Oc1cccc(Cl)c1)C(=O)N1CCN(C/C=C\c2ccccc2)CC1. The highest BCUT2D eigenvalue weighted by Crippen LogP contribution is 2.19. The first-order valence-electron chi connectivity index (χ1n) is 9.27. The van der Waals surface area contributed by atoms with E-state index in [1.54, 1.807) is 19.1 Å². The number of benzene rings is 2. The molecular formula is C22H25ClN2O2. The molecule has 27 heavy (non-hydrogen) atoms. The zero-order valence-corrected chi connectivity index (χ0v) is 16.3. The summed E-state index contributed by atoms with van der Waals surface area (Å²) in [4.78, 5) is 16.9. The molecule has 1 amide bonds. The van der Waals surface area contributed by atoms with Crippen LogP contribution in [0.2, 0.25) is 5.02 Å². The Morgan fingerprint density at radius 2 is 1.85 bits per heavy atom. The van der Waals surface area contributed by atoms with Crippen LogP contribution in [0.1, 0.15) is 12.5 Å². The van der Waals surface area contributed by atoms with Gasteiger partial charge in [-0.3, -0.25) is 9.69 Å². The predicted octanol–water partition coefficient (Wildman–Crippen LogP) is 3.96. The summed E-state index contributed by atoms with van der Waals surface area (Å²) in [5.41, 5.74) is 1.21. The third kappa shape index (κ3) is 5.84. The molecule has 1 heterocycles. The molecule has 0 aliphatic carbocycles. The van der Waals surface area contributed by atoms with Crippen molar-refractivity contribution in [2.24, 2.45) is 0 Å². The van der Waals surface area contributed by atoms with Gasteiger partial charge in [0, 0.05) is 37.7 Å². The van der Waals surface area contributed by atoms with Crippen molar-refractivity contribution in [1.82, 2.24) is 9.80 Å². The smallest absolute Gasteiger partial charge is 0.263 e. The number of amides is 1. The van der Waals surface area contributed by atoms with Gasteiger partial charge in [-0.05, 0) is 30.7 Å². The monoisotopic (exact) mass is 384 g/mol. The van der Waals surface area contributed by atoms with E-state index in [0.29, 0.717) is 10.8 Å². The van der Waals surface area contributed by atoms with Crippen molar-refractivity contribution < 1.29 is 9.53 Å². The van der Waals surface area contributed by atoms with Crippen molar-refractivity contribution in [3.8, 4) is 5.75 Å². The maximum absolute atomic E-state index is 12.6. The van der Waals surface area contributed by atoms with Gasteiger partial charge < -0.3 is 9.64 Å². The number of halogens is 1. The average molecular weight is 385 g/mol. The zero-order valence-electron chi connectivity index (χ0n) is 15.6. The second kappa shape index (κ2) is 9.58. The van der Waals surface area contributed by atoms with E-state index in [1.807, 2.05) is 35.2 Å². The molecule has 0 aromatic heterocycles. The minimum Gasteiger partial charge on any atom is -0.481 e. The molecule has 0 unspecified atom stereocenters.